The van der Waals surface area contributed by atoms with E-state index in [-0.39, 0.29) is 19.1 Å². The number of imidazole rings is 1. The summed E-state index contributed by atoms with van der Waals surface area (Å²) in [6.07, 6.45) is 0.909. The van der Waals surface area contributed by atoms with E-state index in [1.54, 1.807) is 30.5 Å². The molecule has 0 bridgehead atoms. The lowest BCUT2D eigenvalue weighted by molar-refractivity contribution is -0.129. The van der Waals surface area contributed by atoms with Crippen molar-refractivity contribution in [3.63, 3.8) is 0 Å². The molecule has 1 aromatic heterocycles. The molecule has 3 aromatic carbocycles. The minimum atomic E-state index is -0.909. The maximum absolute atomic E-state index is 13.9. The van der Waals surface area contributed by atoms with Crippen molar-refractivity contribution in [3.8, 4) is 17.0 Å². The van der Waals surface area contributed by atoms with Crippen LogP contribution in [0.5, 0.6) is 5.75 Å². The van der Waals surface area contributed by atoms with Gasteiger partial charge in [0.15, 0.2) is 0 Å². The molecule has 3 amide bonds. The summed E-state index contributed by atoms with van der Waals surface area (Å²) in [5, 5.41) is 21.9. The summed E-state index contributed by atoms with van der Waals surface area (Å²) >= 11 is 8.71. The zero-order chi connectivity index (χ0) is 29.1. The van der Waals surface area contributed by atoms with Crippen LogP contribution in [0.25, 0.3) is 11.3 Å². The Morgan fingerprint density at radius 2 is 1.76 bits per heavy atom. The molecule has 1 aliphatic rings. The fraction of sp³-hybridized carbons (Fsp3) is 0.233. The number of nitrogens with zero attached hydrogens (tertiary/aromatic N) is 2. The van der Waals surface area contributed by atoms with Gasteiger partial charge in [-0.05, 0) is 58.0 Å². The normalized spacial score (nSPS) is 16.6. The molecule has 212 valence electrons. The summed E-state index contributed by atoms with van der Waals surface area (Å²) in [4.78, 5) is 36.5. The molecule has 2 heterocycles. The second kappa shape index (κ2) is 12.6. The molecule has 5 rings (SSSR count). The number of imide groups is 1. The number of aromatic amines is 1. The number of aliphatic hydroxyl groups is 2. The Morgan fingerprint density at radius 3 is 2.41 bits per heavy atom. The number of nitrogens with one attached hydrogen (secondary N) is 2. The zero-order valence-corrected chi connectivity index (χ0v) is 24.9. The van der Waals surface area contributed by atoms with Crippen molar-refractivity contribution >= 4 is 46.1 Å². The number of urea groups is 1. The van der Waals surface area contributed by atoms with E-state index in [1.807, 2.05) is 55.5 Å². The fourth-order valence-corrected chi connectivity index (χ4v) is 5.86. The first-order valence-electron chi connectivity index (χ1n) is 13.0. The summed E-state index contributed by atoms with van der Waals surface area (Å²) in [6, 6.07) is 19.8. The van der Waals surface area contributed by atoms with Crippen LogP contribution in [0, 0.1) is 3.57 Å². The van der Waals surface area contributed by atoms with E-state index in [1.165, 1.54) is 4.90 Å². The van der Waals surface area contributed by atoms with E-state index in [9.17, 15) is 19.8 Å². The van der Waals surface area contributed by atoms with Crippen molar-refractivity contribution in [3.05, 3.63) is 105 Å². The molecule has 1 aliphatic heterocycles. The maximum Gasteiger partial charge on any atom is 0.325 e. The van der Waals surface area contributed by atoms with Gasteiger partial charge < -0.3 is 25.3 Å². The number of carbonyl (C=O) groups excluding carboxylic acids is 2. The zero-order valence-electron chi connectivity index (χ0n) is 22.0. The molecule has 41 heavy (non-hydrogen) atoms. The number of benzene rings is 3. The predicted molar refractivity (Wildman–Crippen MR) is 162 cm³/mol. The lowest BCUT2D eigenvalue weighted by atomic mass is 9.91. The summed E-state index contributed by atoms with van der Waals surface area (Å²) in [7, 11) is 0. The lowest BCUT2D eigenvalue weighted by Crippen LogP contribution is -2.38. The quantitative estimate of drug-likeness (QED) is 0.134. The second-order valence-corrected chi connectivity index (χ2v) is 11.4. The highest BCUT2D eigenvalue weighted by Gasteiger charge is 2.46. The molecule has 0 aliphatic carbocycles. The standard InChI is InChI=1S/C30H28ClIN4O5/c1-17(18-5-3-2-4-6-18)27(28-33-14-25(34-28)23-12-9-20(32)13-24(23)31)36-29(39)26(35-30(36)40)19-7-10-21(11-8-19)41-22(15-37)16-38/h2-14,17,22,26-27,37-38H,15-16H2,1H3,(H,33,34)(H,35,40)/t17-,26?,27-/m0/s1. The smallest absolute Gasteiger partial charge is 0.325 e. The van der Waals surface area contributed by atoms with Crippen molar-refractivity contribution in [2.75, 3.05) is 13.2 Å². The molecule has 4 N–H and O–H groups in total. The number of rotatable bonds is 10. The number of ether oxygens (including phenoxy) is 1. The summed E-state index contributed by atoms with van der Waals surface area (Å²) in [5.41, 5.74) is 2.95. The van der Waals surface area contributed by atoms with E-state index >= 15 is 0 Å². The highest BCUT2D eigenvalue weighted by molar-refractivity contribution is 14.1. The Labute approximate surface area is 255 Å². The number of aliphatic hydroxyl groups excluding tert-OH is 2. The van der Waals surface area contributed by atoms with Crippen LogP contribution in [0.15, 0.2) is 79.0 Å². The van der Waals surface area contributed by atoms with Crippen molar-refractivity contribution in [1.82, 2.24) is 20.2 Å². The third-order valence-corrected chi connectivity index (χ3v) is 8.05. The van der Waals surface area contributed by atoms with E-state index < -0.39 is 30.1 Å². The SMILES string of the molecule is C[C@@H](c1ccccc1)[C@@H](c1ncc(-c2ccc(I)cc2Cl)[nH]1)N1C(=O)NC(c2ccc(OC(CO)CO)cc2)C1=O. The Morgan fingerprint density at radius 1 is 1.05 bits per heavy atom. The van der Waals surface area contributed by atoms with E-state index in [0.29, 0.717) is 27.9 Å². The average molecular weight is 687 g/mol. The van der Waals surface area contributed by atoms with Crippen LogP contribution in [-0.2, 0) is 4.79 Å². The number of H-pyrrole nitrogens is 1. The molecule has 9 nitrogen and oxygen atoms in total. The molecule has 1 saturated heterocycles. The number of halogens is 2. The van der Waals surface area contributed by atoms with Crippen molar-refractivity contribution < 1.29 is 24.5 Å². The van der Waals surface area contributed by atoms with Crippen LogP contribution >= 0.6 is 34.2 Å². The fourth-order valence-electron chi connectivity index (χ4n) is 4.90. The van der Waals surface area contributed by atoms with Crippen LogP contribution < -0.4 is 10.1 Å². The van der Waals surface area contributed by atoms with Crippen LogP contribution in [0.3, 0.4) is 0 Å². The van der Waals surface area contributed by atoms with Crippen LogP contribution in [-0.4, -0.2) is 56.3 Å². The minimum Gasteiger partial charge on any atom is -0.486 e. The van der Waals surface area contributed by atoms with Gasteiger partial charge in [-0.15, -0.1) is 0 Å². The highest BCUT2D eigenvalue weighted by atomic mass is 127. The van der Waals surface area contributed by atoms with Crippen LogP contribution in [0.4, 0.5) is 4.79 Å². The van der Waals surface area contributed by atoms with Gasteiger partial charge in [0.25, 0.3) is 5.91 Å². The van der Waals surface area contributed by atoms with E-state index in [4.69, 9.17) is 16.3 Å². The van der Waals surface area contributed by atoms with Crippen LogP contribution in [0.2, 0.25) is 5.02 Å². The number of hydrogen-bond donors (Lipinski definition) is 4. The molecule has 0 saturated carbocycles. The highest BCUT2D eigenvalue weighted by Crippen LogP contribution is 2.40. The Hall–Kier alpha value is -3.45. The third-order valence-electron chi connectivity index (χ3n) is 7.07. The number of hydrogen-bond acceptors (Lipinski definition) is 6. The van der Waals surface area contributed by atoms with Gasteiger partial charge in [-0.25, -0.2) is 9.78 Å². The largest absolute Gasteiger partial charge is 0.486 e. The van der Waals surface area contributed by atoms with Gasteiger partial charge in [0.1, 0.15) is 29.8 Å². The van der Waals surface area contributed by atoms with Crippen molar-refractivity contribution in [1.29, 1.82) is 0 Å². The monoisotopic (exact) mass is 686 g/mol. The molecule has 0 spiro atoms. The average Bonchev–Trinajstić information content (AvgIpc) is 3.57. The molecule has 1 fully saturated rings. The Bertz CT molecular complexity index is 1530. The Kier molecular flexibility index (Phi) is 8.93. The molecule has 4 aromatic rings. The molecule has 3 atom stereocenters. The summed E-state index contributed by atoms with van der Waals surface area (Å²) in [6.45, 7) is 1.28. The summed E-state index contributed by atoms with van der Waals surface area (Å²) in [5.74, 6) is 0.173. The first-order valence-corrected chi connectivity index (χ1v) is 14.4. The van der Waals surface area contributed by atoms with E-state index in [2.05, 4.69) is 37.9 Å². The van der Waals surface area contributed by atoms with Crippen molar-refractivity contribution in [2.24, 2.45) is 0 Å². The van der Waals surface area contributed by atoms with Crippen molar-refractivity contribution in [2.45, 2.75) is 31.0 Å². The van der Waals surface area contributed by atoms with Gasteiger partial charge in [0.05, 0.1) is 30.1 Å². The number of aromatic nitrogens is 2. The van der Waals surface area contributed by atoms with Crippen LogP contribution in [0.1, 0.15) is 41.9 Å². The molecular formula is C30H28ClIN4O5. The number of amides is 3. The minimum absolute atomic E-state index is 0.291. The third kappa shape index (κ3) is 6.10. The van der Waals surface area contributed by atoms with Gasteiger partial charge in [-0.1, -0.05) is 67.1 Å². The lowest BCUT2D eigenvalue weighted by Gasteiger charge is -2.29. The molecular weight excluding hydrogens is 659 g/mol. The molecule has 1 unspecified atom stereocenters. The first kappa shape index (κ1) is 29.1. The van der Waals surface area contributed by atoms with Gasteiger partial charge in [-0.2, -0.15) is 0 Å². The number of carbonyl (C=O) groups is 2. The first-order chi connectivity index (χ1) is 19.8. The second-order valence-electron chi connectivity index (χ2n) is 9.72. The van der Waals surface area contributed by atoms with Gasteiger partial charge in [0, 0.05) is 15.1 Å². The maximum atomic E-state index is 13.9. The molecule has 11 heteroatoms. The predicted octanol–water partition coefficient (Wildman–Crippen LogP) is 5.20. The topological polar surface area (TPSA) is 128 Å². The summed E-state index contributed by atoms with van der Waals surface area (Å²) < 4.78 is 6.52. The van der Waals surface area contributed by atoms with Gasteiger partial charge in [0.2, 0.25) is 0 Å². The van der Waals surface area contributed by atoms with Gasteiger partial charge in [-0.3, -0.25) is 9.69 Å². The Balaban J connectivity index is 1.48. The molecule has 0 radical (unpaired) electrons. The van der Waals surface area contributed by atoms with Gasteiger partial charge >= 0.3 is 6.03 Å². The van der Waals surface area contributed by atoms with E-state index in [0.717, 1.165) is 14.7 Å².